The number of amides is 1. The van der Waals surface area contributed by atoms with E-state index in [1.807, 2.05) is 18.2 Å². The number of carbonyl (C=O) groups is 1. The summed E-state index contributed by atoms with van der Waals surface area (Å²) in [6.45, 7) is 2.04. The number of sulfonamides is 1. The Morgan fingerprint density at radius 3 is 2.54 bits per heavy atom. The number of hydrogen-bond donors (Lipinski definition) is 0. The van der Waals surface area contributed by atoms with Crippen molar-refractivity contribution in [3.63, 3.8) is 0 Å². The highest BCUT2D eigenvalue weighted by atomic mass is 35.5. The molecular weight excluding hydrogens is 400 g/mol. The van der Waals surface area contributed by atoms with Gasteiger partial charge in [0.2, 0.25) is 15.9 Å². The molecule has 0 unspecified atom stereocenters. The fourth-order valence-corrected chi connectivity index (χ4v) is 4.72. The Hall–Kier alpha value is -1.93. The smallest absolute Gasteiger partial charge is 0.243 e. The maximum absolute atomic E-state index is 12.8. The van der Waals surface area contributed by atoms with Gasteiger partial charge in [0.1, 0.15) is 0 Å². The van der Waals surface area contributed by atoms with Gasteiger partial charge in [-0.25, -0.2) is 8.42 Å². The van der Waals surface area contributed by atoms with Crippen LogP contribution in [-0.4, -0.2) is 56.3 Å². The minimum atomic E-state index is -3.59. The maximum Gasteiger partial charge on any atom is 0.243 e. The molecule has 0 bridgehead atoms. The van der Waals surface area contributed by atoms with Gasteiger partial charge in [0.15, 0.2) is 0 Å². The average Bonchev–Trinajstić information content (AvgIpc) is 2.88. The summed E-state index contributed by atoms with van der Waals surface area (Å²) in [5.74, 6) is -0.0582. The van der Waals surface area contributed by atoms with Crippen molar-refractivity contribution >= 4 is 27.5 Å². The van der Waals surface area contributed by atoms with Crippen LogP contribution in [0.4, 0.5) is 0 Å². The molecule has 1 heterocycles. The molecule has 2 aromatic rings. The summed E-state index contributed by atoms with van der Waals surface area (Å²) >= 11 is 5.95. The molecule has 28 heavy (non-hydrogen) atoms. The van der Waals surface area contributed by atoms with Crippen molar-refractivity contribution in [2.45, 2.75) is 17.9 Å². The molecule has 0 aliphatic carbocycles. The predicted octanol–water partition coefficient (Wildman–Crippen LogP) is 2.78. The van der Waals surface area contributed by atoms with E-state index < -0.39 is 10.0 Å². The summed E-state index contributed by atoms with van der Waals surface area (Å²) in [4.78, 5) is 14.3. The average molecular weight is 423 g/mol. The monoisotopic (exact) mass is 422 g/mol. The Balaban J connectivity index is 1.52. The van der Waals surface area contributed by atoms with Crippen molar-refractivity contribution in [1.29, 1.82) is 0 Å². The van der Waals surface area contributed by atoms with Crippen molar-refractivity contribution in [3.05, 3.63) is 65.2 Å². The van der Waals surface area contributed by atoms with E-state index in [2.05, 4.69) is 0 Å². The molecular formula is C20H23ClN2O4S. The summed E-state index contributed by atoms with van der Waals surface area (Å²) in [5.41, 5.74) is 0.967. The highest BCUT2D eigenvalue weighted by Gasteiger charge is 2.29. The normalized spacial score (nSPS) is 16.2. The van der Waals surface area contributed by atoms with Crippen LogP contribution in [-0.2, 0) is 26.2 Å². The minimum Gasteiger partial charge on any atom is -0.375 e. The van der Waals surface area contributed by atoms with Gasteiger partial charge in [-0.1, -0.05) is 41.9 Å². The summed E-state index contributed by atoms with van der Waals surface area (Å²) in [6.07, 6.45) is 0.167. The van der Waals surface area contributed by atoms with E-state index in [9.17, 15) is 13.2 Å². The van der Waals surface area contributed by atoms with Gasteiger partial charge in [-0.2, -0.15) is 4.31 Å². The second-order valence-corrected chi connectivity index (χ2v) is 8.90. The van der Waals surface area contributed by atoms with Crippen molar-refractivity contribution in [3.8, 4) is 0 Å². The number of halogens is 1. The van der Waals surface area contributed by atoms with E-state index in [0.717, 1.165) is 5.56 Å². The van der Waals surface area contributed by atoms with Crippen molar-refractivity contribution in [2.24, 2.45) is 0 Å². The second kappa shape index (κ2) is 9.52. The lowest BCUT2D eigenvalue weighted by atomic mass is 10.2. The summed E-state index contributed by atoms with van der Waals surface area (Å²) in [6, 6.07) is 15.7. The van der Waals surface area contributed by atoms with Crippen LogP contribution in [0.5, 0.6) is 0 Å². The minimum absolute atomic E-state index is 0.0582. The molecule has 1 fully saturated rings. The summed E-state index contributed by atoms with van der Waals surface area (Å²) in [5, 5.41) is 0.656. The first-order valence-corrected chi connectivity index (χ1v) is 10.9. The van der Waals surface area contributed by atoms with E-state index in [-0.39, 0.29) is 30.3 Å². The molecule has 2 aromatic carbocycles. The number of benzene rings is 2. The first kappa shape index (κ1) is 20.8. The SMILES string of the molecule is O=C1CCN(S(=O)(=O)c2ccccc2)CCN1CCOCc1cccc(Cl)c1. The van der Waals surface area contributed by atoms with Crippen LogP contribution in [0.3, 0.4) is 0 Å². The third-order valence-electron chi connectivity index (χ3n) is 4.59. The van der Waals surface area contributed by atoms with Crippen LogP contribution >= 0.6 is 11.6 Å². The van der Waals surface area contributed by atoms with Crippen LogP contribution in [0.1, 0.15) is 12.0 Å². The lowest BCUT2D eigenvalue weighted by molar-refractivity contribution is -0.131. The highest BCUT2D eigenvalue weighted by molar-refractivity contribution is 7.89. The molecule has 1 aliphatic rings. The molecule has 3 rings (SSSR count). The van der Waals surface area contributed by atoms with Crippen LogP contribution in [0.25, 0.3) is 0 Å². The van der Waals surface area contributed by atoms with E-state index in [4.69, 9.17) is 16.3 Å². The highest BCUT2D eigenvalue weighted by Crippen LogP contribution is 2.18. The van der Waals surface area contributed by atoms with Gasteiger partial charge in [-0.05, 0) is 29.8 Å². The second-order valence-electron chi connectivity index (χ2n) is 6.53. The molecule has 1 amide bonds. The largest absolute Gasteiger partial charge is 0.375 e. The fourth-order valence-electron chi connectivity index (χ4n) is 3.06. The Labute approximate surface area is 170 Å². The first-order valence-electron chi connectivity index (χ1n) is 9.12. The fraction of sp³-hybridized carbons (Fsp3) is 0.350. The molecule has 8 heteroatoms. The third kappa shape index (κ3) is 5.32. The molecule has 0 radical (unpaired) electrons. The Kier molecular flexibility index (Phi) is 7.07. The van der Waals surface area contributed by atoms with Gasteiger partial charge < -0.3 is 9.64 Å². The molecule has 6 nitrogen and oxygen atoms in total. The van der Waals surface area contributed by atoms with E-state index in [1.54, 1.807) is 41.3 Å². The number of rotatable bonds is 7. The van der Waals surface area contributed by atoms with E-state index in [1.165, 1.54) is 4.31 Å². The van der Waals surface area contributed by atoms with Crippen LogP contribution < -0.4 is 0 Å². The molecule has 0 saturated carbocycles. The molecule has 0 N–H and O–H groups in total. The molecule has 1 saturated heterocycles. The van der Waals surface area contributed by atoms with Crippen molar-refractivity contribution in [1.82, 2.24) is 9.21 Å². The lowest BCUT2D eigenvalue weighted by Gasteiger charge is -2.22. The number of carbonyl (C=O) groups excluding carboxylic acids is 1. The van der Waals surface area contributed by atoms with Gasteiger partial charge >= 0.3 is 0 Å². The van der Waals surface area contributed by atoms with Gasteiger partial charge in [0.05, 0.1) is 18.1 Å². The third-order valence-corrected chi connectivity index (χ3v) is 6.74. The zero-order valence-electron chi connectivity index (χ0n) is 15.5. The van der Waals surface area contributed by atoms with Crippen LogP contribution in [0, 0.1) is 0 Å². The van der Waals surface area contributed by atoms with Crippen molar-refractivity contribution in [2.75, 3.05) is 32.8 Å². The lowest BCUT2D eigenvalue weighted by Crippen LogP contribution is -2.37. The standard InChI is InChI=1S/C20H23ClN2O4S/c21-18-6-4-5-17(15-18)16-27-14-13-22-11-12-23(10-9-20(22)24)28(25,26)19-7-2-1-3-8-19/h1-8,15H,9-14,16H2. The van der Waals surface area contributed by atoms with Gasteiger partial charge in [-0.3, -0.25) is 4.79 Å². The topological polar surface area (TPSA) is 66.9 Å². The molecule has 150 valence electrons. The zero-order chi connectivity index (χ0) is 20.0. The quantitative estimate of drug-likeness (QED) is 0.643. The van der Waals surface area contributed by atoms with Gasteiger partial charge in [-0.15, -0.1) is 0 Å². The molecule has 0 aromatic heterocycles. The van der Waals surface area contributed by atoms with Crippen LogP contribution in [0.2, 0.25) is 5.02 Å². The molecule has 0 spiro atoms. The van der Waals surface area contributed by atoms with E-state index in [0.29, 0.717) is 31.3 Å². The Morgan fingerprint density at radius 1 is 1.00 bits per heavy atom. The zero-order valence-corrected chi connectivity index (χ0v) is 17.0. The van der Waals surface area contributed by atoms with E-state index >= 15 is 0 Å². The van der Waals surface area contributed by atoms with Crippen molar-refractivity contribution < 1.29 is 17.9 Å². The number of hydrogen-bond acceptors (Lipinski definition) is 4. The van der Waals surface area contributed by atoms with Gasteiger partial charge in [0.25, 0.3) is 0 Å². The van der Waals surface area contributed by atoms with Crippen LogP contribution in [0.15, 0.2) is 59.5 Å². The van der Waals surface area contributed by atoms with Gasteiger partial charge in [0, 0.05) is 37.6 Å². The number of nitrogens with zero attached hydrogens (tertiary/aromatic N) is 2. The summed E-state index contributed by atoms with van der Waals surface area (Å²) < 4.78 is 32.5. The maximum atomic E-state index is 12.8. The summed E-state index contributed by atoms with van der Waals surface area (Å²) in [7, 11) is -3.59. The molecule has 0 atom stereocenters. The Bertz CT molecular complexity index is 905. The Morgan fingerprint density at radius 2 is 1.79 bits per heavy atom. The first-order chi connectivity index (χ1) is 13.5. The molecule has 1 aliphatic heterocycles. The predicted molar refractivity (Wildman–Crippen MR) is 108 cm³/mol. The number of ether oxygens (including phenoxy) is 1.